The number of aromatic nitrogens is 2. The molecule has 0 saturated heterocycles. The first kappa shape index (κ1) is 9.21. The molecule has 0 amide bonds. The van der Waals surface area contributed by atoms with E-state index < -0.39 is 0 Å². The van der Waals surface area contributed by atoms with Crippen molar-refractivity contribution in [3.05, 3.63) is 11.3 Å². The lowest BCUT2D eigenvalue weighted by atomic mass is 10.0. The molecule has 1 aromatic heterocycles. The Morgan fingerprint density at radius 3 is 2.60 bits per heavy atom. The van der Waals surface area contributed by atoms with E-state index in [-0.39, 0.29) is 5.54 Å². The van der Waals surface area contributed by atoms with Crippen LogP contribution in [0.2, 0.25) is 0 Å². The predicted molar refractivity (Wildman–Crippen MR) is 59.2 cm³/mol. The van der Waals surface area contributed by atoms with Crippen LogP contribution in [0.3, 0.4) is 0 Å². The molecule has 0 atom stereocenters. The lowest BCUT2D eigenvalue weighted by Gasteiger charge is -2.32. The monoisotopic (exact) mass is 206 g/mol. The van der Waals surface area contributed by atoms with Crippen molar-refractivity contribution in [3.8, 4) is 0 Å². The van der Waals surface area contributed by atoms with Gasteiger partial charge in [0, 0.05) is 25.2 Å². The highest BCUT2D eigenvalue weighted by Gasteiger charge is 2.47. The summed E-state index contributed by atoms with van der Waals surface area (Å²) in [4.78, 5) is 2.57. The molecule has 1 fully saturated rings. The Balaban J connectivity index is 2.10. The van der Waals surface area contributed by atoms with Gasteiger partial charge in [0.2, 0.25) is 0 Å². The van der Waals surface area contributed by atoms with Crippen molar-refractivity contribution < 1.29 is 0 Å². The first-order valence-electron chi connectivity index (χ1n) is 5.60. The Kier molecular flexibility index (Phi) is 1.57. The Morgan fingerprint density at radius 2 is 2.07 bits per heavy atom. The SMILES string of the molecule is Cn1nc(N)c2c1C(C)(C)N(C1CC1)C2. The first-order valence-corrected chi connectivity index (χ1v) is 5.60. The molecule has 2 N–H and O–H groups in total. The average molecular weight is 206 g/mol. The van der Waals surface area contributed by atoms with Crippen LogP contribution in [0.4, 0.5) is 5.82 Å². The summed E-state index contributed by atoms with van der Waals surface area (Å²) in [7, 11) is 1.99. The lowest BCUT2D eigenvalue weighted by Crippen LogP contribution is -2.38. The third kappa shape index (κ3) is 1.08. The summed E-state index contributed by atoms with van der Waals surface area (Å²) >= 11 is 0. The van der Waals surface area contributed by atoms with Crippen molar-refractivity contribution >= 4 is 5.82 Å². The normalized spacial score (nSPS) is 24.5. The third-order valence-corrected chi connectivity index (χ3v) is 3.79. The molecule has 0 radical (unpaired) electrons. The number of hydrogen-bond donors (Lipinski definition) is 1. The summed E-state index contributed by atoms with van der Waals surface area (Å²) in [6.45, 7) is 5.53. The molecule has 4 nitrogen and oxygen atoms in total. The molecule has 3 rings (SSSR count). The van der Waals surface area contributed by atoms with Crippen LogP contribution >= 0.6 is 0 Å². The van der Waals surface area contributed by atoms with Crippen LogP contribution in [0.15, 0.2) is 0 Å². The minimum absolute atomic E-state index is 0.0931. The molecule has 2 heterocycles. The molecule has 2 aliphatic rings. The summed E-state index contributed by atoms with van der Waals surface area (Å²) in [5.41, 5.74) is 8.57. The van der Waals surface area contributed by atoms with E-state index in [4.69, 9.17) is 5.73 Å². The summed E-state index contributed by atoms with van der Waals surface area (Å²) in [5, 5.41) is 4.31. The zero-order chi connectivity index (χ0) is 10.8. The van der Waals surface area contributed by atoms with Gasteiger partial charge in [-0.3, -0.25) is 9.58 Å². The van der Waals surface area contributed by atoms with E-state index in [1.54, 1.807) is 0 Å². The molecule has 1 aromatic rings. The molecular formula is C11H18N4. The number of aryl methyl sites for hydroxylation is 1. The number of nitrogens with zero attached hydrogens (tertiary/aromatic N) is 3. The third-order valence-electron chi connectivity index (χ3n) is 3.79. The van der Waals surface area contributed by atoms with Crippen molar-refractivity contribution in [1.29, 1.82) is 0 Å². The molecule has 1 aliphatic heterocycles. The van der Waals surface area contributed by atoms with E-state index >= 15 is 0 Å². The van der Waals surface area contributed by atoms with Crippen LogP contribution in [-0.4, -0.2) is 20.7 Å². The summed E-state index contributed by atoms with van der Waals surface area (Å²) in [6, 6.07) is 0.770. The van der Waals surface area contributed by atoms with Gasteiger partial charge in [0.05, 0.1) is 11.2 Å². The second-order valence-corrected chi connectivity index (χ2v) is 5.25. The fourth-order valence-corrected chi connectivity index (χ4v) is 2.99. The van der Waals surface area contributed by atoms with Crippen molar-refractivity contribution in [3.63, 3.8) is 0 Å². The van der Waals surface area contributed by atoms with E-state index in [0.29, 0.717) is 5.82 Å². The second kappa shape index (κ2) is 2.55. The number of hydrogen-bond acceptors (Lipinski definition) is 3. The molecule has 0 aromatic carbocycles. The Bertz CT molecular complexity index is 414. The van der Waals surface area contributed by atoms with Crippen LogP contribution in [0, 0.1) is 0 Å². The smallest absolute Gasteiger partial charge is 0.150 e. The summed E-state index contributed by atoms with van der Waals surface area (Å²) in [6.07, 6.45) is 2.68. The average Bonchev–Trinajstić information content (AvgIpc) is 2.85. The van der Waals surface area contributed by atoms with Gasteiger partial charge in [-0.15, -0.1) is 0 Å². The van der Waals surface area contributed by atoms with Gasteiger partial charge in [0.25, 0.3) is 0 Å². The first-order chi connectivity index (χ1) is 7.01. The molecule has 82 valence electrons. The quantitative estimate of drug-likeness (QED) is 0.751. The standard InChI is InChI=1S/C11H18N4/c1-11(2)9-8(10(12)13-14(9)3)6-15(11)7-4-5-7/h7H,4-6H2,1-3H3,(H2,12,13). The summed E-state index contributed by atoms with van der Waals surface area (Å²) in [5.74, 6) is 0.712. The molecule has 1 saturated carbocycles. The number of anilines is 1. The van der Waals surface area contributed by atoms with Crippen molar-refractivity contribution in [2.45, 2.75) is 44.8 Å². The molecule has 4 heteroatoms. The fraction of sp³-hybridized carbons (Fsp3) is 0.727. The molecule has 1 aliphatic carbocycles. The van der Waals surface area contributed by atoms with Gasteiger partial charge in [-0.05, 0) is 26.7 Å². The van der Waals surface area contributed by atoms with Gasteiger partial charge in [-0.2, -0.15) is 5.10 Å². The zero-order valence-electron chi connectivity index (χ0n) is 9.62. The van der Waals surface area contributed by atoms with Crippen LogP contribution < -0.4 is 5.73 Å². The molecule has 0 spiro atoms. The highest BCUT2D eigenvalue weighted by molar-refractivity contribution is 5.48. The molecule has 0 unspecified atom stereocenters. The molecular weight excluding hydrogens is 188 g/mol. The molecule has 15 heavy (non-hydrogen) atoms. The van der Waals surface area contributed by atoms with Crippen LogP contribution in [-0.2, 0) is 19.1 Å². The zero-order valence-corrected chi connectivity index (χ0v) is 9.62. The van der Waals surface area contributed by atoms with Gasteiger partial charge >= 0.3 is 0 Å². The van der Waals surface area contributed by atoms with E-state index in [1.807, 2.05) is 11.7 Å². The highest BCUT2D eigenvalue weighted by Crippen LogP contribution is 2.46. The van der Waals surface area contributed by atoms with Gasteiger partial charge in [0.15, 0.2) is 0 Å². The number of nitrogen functional groups attached to an aromatic ring is 1. The van der Waals surface area contributed by atoms with Gasteiger partial charge in [-0.1, -0.05) is 0 Å². The number of nitrogens with two attached hydrogens (primary N) is 1. The molecule has 0 bridgehead atoms. The number of fused-ring (bicyclic) bond motifs is 1. The largest absolute Gasteiger partial charge is 0.382 e. The van der Waals surface area contributed by atoms with Gasteiger partial charge in [-0.25, -0.2) is 0 Å². The van der Waals surface area contributed by atoms with E-state index in [0.717, 1.165) is 12.6 Å². The van der Waals surface area contributed by atoms with E-state index in [9.17, 15) is 0 Å². The maximum Gasteiger partial charge on any atom is 0.150 e. The Labute approximate surface area is 90.0 Å². The highest BCUT2D eigenvalue weighted by atomic mass is 15.4. The maximum absolute atomic E-state index is 5.94. The van der Waals surface area contributed by atoms with Crippen LogP contribution in [0.5, 0.6) is 0 Å². The Hall–Kier alpha value is -1.03. The maximum atomic E-state index is 5.94. The predicted octanol–water partition coefficient (Wildman–Crippen LogP) is 1.22. The number of rotatable bonds is 1. The second-order valence-electron chi connectivity index (χ2n) is 5.25. The van der Waals surface area contributed by atoms with E-state index in [2.05, 4.69) is 23.8 Å². The topological polar surface area (TPSA) is 47.1 Å². The Morgan fingerprint density at radius 1 is 1.40 bits per heavy atom. The minimum Gasteiger partial charge on any atom is -0.382 e. The van der Waals surface area contributed by atoms with Gasteiger partial charge in [0.1, 0.15) is 5.82 Å². The summed E-state index contributed by atoms with van der Waals surface area (Å²) < 4.78 is 1.95. The minimum atomic E-state index is 0.0931. The van der Waals surface area contributed by atoms with Crippen LogP contribution in [0.1, 0.15) is 37.9 Å². The van der Waals surface area contributed by atoms with Gasteiger partial charge < -0.3 is 5.73 Å². The van der Waals surface area contributed by atoms with Crippen molar-refractivity contribution in [2.24, 2.45) is 7.05 Å². The lowest BCUT2D eigenvalue weighted by molar-refractivity contribution is 0.119. The van der Waals surface area contributed by atoms with Crippen molar-refractivity contribution in [2.75, 3.05) is 5.73 Å². The fourth-order valence-electron chi connectivity index (χ4n) is 2.99. The van der Waals surface area contributed by atoms with Crippen LogP contribution in [0.25, 0.3) is 0 Å². The van der Waals surface area contributed by atoms with Crippen molar-refractivity contribution in [1.82, 2.24) is 14.7 Å². The van der Waals surface area contributed by atoms with E-state index in [1.165, 1.54) is 24.1 Å².